The summed E-state index contributed by atoms with van der Waals surface area (Å²) in [5.41, 5.74) is 2.43. The molecule has 2 heterocycles. The van der Waals surface area contributed by atoms with E-state index in [9.17, 15) is 0 Å². The second-order valence-corrected chi connectivity index (χ2v) is 2.71. The quantitative estimate of drug-likeness (QED) is 0.581. The fraction of sp³-hybridized carbons (Fsp3) is 0.111. The number of hydrogen-bond acceptors (Lipinski definition) is 2. The van der Waals surface area contributed by atoms with Gasteiger partial charge in [0.15, 0.2) is 5.69 Å². The van der Waals surface area contributed by atoms with Crippen LogP contribution < -0.4 is 0 Å². The molecule has 0 unspecified atom stereocenters. The third-order valence-electron chi connectivity index (χ3n) is 1.73. The number of pyridine rings is 1. The van der Waals surface area contributed by atoms with Crippen LogP contribution in [0.3, 0.4) is 0 Å². The van der Waals surface area contributed by atoms with E-state index in [0.29, 0.717) is 5.69 Å². The summed E-state index contributed by atoms with van der Waals surface area (Å²) in [5.74, 6) is 0. The van der Waals surface area contributed by atoms with E-state index < -0.39 is 0 Å². The van der Waals surface area contributed by atoms with Gasteiger partial charge >= 0.3 is 0 Å². The molecule has 0 spiro atoms. The van der Waals surface area contributed by atoms with Crippen molar-refractivity contribution in [3.8, 4) is 6.07 Å². The van der Waals surface area contributed by atoms with E-state index in [1.54, 1.807) is 6.20 Å². The lowest BCUT2D eigenvalue weighted by Gasteiger charge is -1.92. The van der Waals surface area contributed by atoms with E-state index in [2.05, 4.69) is 4.98 Å². The molecule has 0 fully saturated rings. The zero-order chi connectivity index (χ0) is 8.55. The Morgan fingerprint density at radius 3 is 3.17 bits per heavy atom. The second kappa shape index (κ2) is 2.35. The molecule has 0 amide bonds. The van der Waals surface area contributed by atoms with Crippen molar-refractivity contribution < 1.29 is 0 Å². The fourth-order valence-electron chi connectivity index (χ4n) is 1.14. The maximum Gasteiger partial charge on any atom is 0.159 e. The first kappa shape index (κ1) is 6.86. The minimum Gasteiger partial charge on any atom is -0.306 e. The number of nitrogens with zero attached hydrogens (tertiary/aromatic N) is 3. The number of fused-ring (bicyclic) bond motifs is 1. The Morgan fingerprint density at radius 2 is 2.42 bits per heavy atom. The molecule has 0 N–H and O–H groups in total. The number of nitriles is 1. The molecule has 2 aromatic heterocycles. The molecule has 0 atom stereocenters. The lowest BCUT2D eigenvalue weighted by Crippen LogP contribution is -1.81. The van der Waals surface area contributed by atoms with Crippen LogP contribution in [-0.2, 0) is 0 Å². The van der Waals surface area contributed by atoms with Gasteiger partial charge in [0.25, 0.3) is 0 Å². The summed E-state index contributed by atoms with van der Waals surface area (Å²) in [6.07, 6.45) is 3.62. The highest BCUT2D eigenvalue weighted by Gasteiger charge is 1.98. The van der Waals surface area contributed by atoms with Gasteiger partial charge < -0.3 is 4.40 Å². The van der Waals surface area contributed by atoms with Crippen LogP contribution in [0, 0.1) is 18.3 Å². The first-order chi connectivity index (χ1) is 5.79. The molecular formula is C9H7N3. The van der Waals surface area contributed by atoms with E-state index in [1.165, 1.54) is 0 Å². The van der Waals surface area contributed by atoms with Crippen LogP contribution in [0.25, 0.3) is 5.65 Å². The largest absolute Gasteiger partial charge is 0.306 e. The second-order valence-electron chi connectivity index (χ2n) is 2.71. The number of aromatic nitrogens is 2. The molecular weight excluding hydrogens is 150 g/mol. The predicted molar refractivity (Wildman–Crippen MR) is 44.6 cm³/mol. The summed E-state index contributed by atoms with van der Waals surface area (Å²) < 4.78 is 1.84. The molecule has 0 aliphatic carbocycles. The number of hydrogen-bond donors (Lipinski definition) is 0. The molecule has 0 aliphatic rings. The maximum atomic E-state index is 8.58. The summed E-state index contributed by atoms with van der Waals surface area (Å²) in [4.78, 5) is 4.09. The highest BCUT2D eigenvalue weighted by atomic mass is 15.0. The van der Waals surface area contributed by atoms with Gasteiger partial charge in [0.05, 0.1) is 0 Å². The summed E-state index contributed by atoms with van der Waals surface area (Å²) in [6.45, 7) is 2.00. The maximum absolute atomic E-state index is 8.58. The Morgan fingerprint density at radius 1 is 1.58 bits per heavy atom. The smallest absolute Gasteiger partial charge is 0.159 e. The molecule has 12 heavy (non-hydrogen) atoms. The zero-order valence-electron chi connectivity index (χ0n) is 6.65. The Kier molecular flexibility index (Phi) is 1.34. The summed E-state index contributed by atoms with van der Waals surface area (Å²) >= 11 is 0. The number of rotatable bonds is 0. The zero-order valence-corrected chi connectivity index (χ0v) is 6.65. The first-order valence-corrected chi connectivity index (χ1v) is 3.65. The highest BCUT2D eigenvalue weighted by molar-refractivity contribution is 5.44. The normalized spacial score (nSPS) is 10.0. The molecule has 3 nitrogen and oxygen atoms in total. The Bertz CT molecular complexity index is 462. The van der Waals surface area contributed by atoms with Crippen LogP contribution in [0.1, 0.15) is 11.3 Å². The van der Waals surface area contributed by atoms with E-state index in [1.807, 2.05) is 35.7 Å². The summed E-state index contributed by atoms with van der Waals surface area (Å²) in [5, 5.41) is 8.58. The third-order valence-corrected chi connectivity index (χ3v) is 1.73. The molecule has 3 heteroatoms. The topological polar surface area (TPSA) is 41.1 Å². The minimum absolute atomic E-state index is 0.459. The van der Waals surface area contributed by atoms with Gasteiger partial charge in [0.2, 0.25) is 0 Å². The summed E-state index contributed by atoms with van der Waals surface area (Å²) in [7, 11) is 0. The van der Waals surface area contributed by atoms with Crippen LogP contribution in [0.4, 0.5) is 0 Å². The van der Waals surface area contributed by atoms with Gasteiger partial charge in [0.1, 0.15) is 11.7 Å². The molecule has 0 radical (unpaired) electrons. The molecule has 0 aromatic carbocycles. The molecule has 58 valence electrons. The number of imidazole rings is 1. The standard InChI is InChI=1S/C9H7N3/c1-7-2-3-12-6-8(5-10)11-9(12)4-7/h2-4,6H,1H3. The average molecular weight is 157 g/mol. The van der Waals surface area contributed by atoms with Gasteiger partial charge in [-0.1, -0.05) is 0 Å². The SMILES string of the molecule is Cc1ccn2cc(C#N)nc2c1. The monoisotopic (exact) mass is 157 g/mol. The molecule has 2 aromatic rings. The van der Waals surface area contributed by atoms with Crippen molar-refractivity contribution in [1.82, 2.24) is 9.38 Å². The van der Waals surface area contributed by atoms with Gasteiger partial charge in [-0.2, -0.15) is 5.26 Å². The Balaban J connectivity index is 2.77. The van der Waals surface area contributed by atoms with E-state index >= 15 is 0 Å². The average Bonchev–Trinajstić information content (AvgIpc) is 2.46. The van der Waals surface area contributed by atoms with Gasteiger partial charge in [0, 0.05) is 12.4 Å². The van der Waals surface area contributed by atoms with Crippen LogP contribution in [0.2, 0.25) is 0 Å². The van der Waals surface area contributed by atoms with Crippen molar-refractivity contribution >= 4 is 5.65 Å². The molecule has 0 saturated carbocycles. The minimum atomic E-state index is 0.459. The van der Waals surface area contributed by atoms with Crippen molar-refractivity contribution in [3.05, 3.63) is 35.8 Å². The molecule has 0 bridgehead atoms. The van der Waals surface area contributed by atoms with E-state index in [0.717, 1.165) is 11.2 Å². The number of aryl methyl sites for hydroxylation is 1. The van der Waals surface area contributed by atoms with Crippen molar-refractivity contribution in [2.75, 3.05) is 0 Å². The first-order valence-electron chi connectivity index (χ1n) is 3.65. The van der Waals surface area contributed by atoms with Gasteiger partial charge in [-0.15, -0.1) is 0 Å². The van der Waals surface area contributed by atoms with Gasteiger partial charge in [-0.3, -0.25) is 0 Å². The van der Waals surface area contributed by atoms with Gasteiger partial charge in [-0.05, 0) is 24.6 Å². The fourth-order valence-corrected chi connectivity index (χ4v) is 1.14. The van der Waals surface area contributed by atoms with Crippen molar-refractivity contribution in [2.45, 2.75) is 6.92 Å². The molecule has 0 aliphatic heterocycles. The molecule has 2 rings (SSSR count). The van der Waals surface area contributed by atoms with Crippen molar-refractivity contribution in [1.29, 1.82) is 5.26 Å². The third kappa shape index (κ3) is 0.940. The highest BCUT2D eigenvalue weighted by Crippen LogP contribution is 2.06. The van der Waals surface area contributed by atoms with Crippen LogP contribution in [0.15, 0.2) is 24.5 Å². The lowest BCUT2D eigenvalue weighted by atomic mass is 10.3. The van der Waals surface area contributed by atoms with E-state index in [4.69, 9.17) is 5.26 Å². The summed E-state index contributed by atoms with van der Waals surface area (Å²) in [6, 6.07) is 5.93. The lowest BCUT2D eigenvalue weighted by molar-refractivity contribution is 1.17. The van der Waals surface area contributed by atoms with Crippen LogP contribution in [-0.4, -0.2) is 9.38 Å². The Labute approximate surface area is 69.9 Å². The van der Waals surface area contributed by atoms with Crippen LogP contribution >= 0.6 is 0 Å². The Hall–Kier alpha value is -1.82. The van der Waals surface area contributed by atoms with E-state index in [-0.39, 0.29) is 0 Å². The van der Waals surface area contributed by atoms with Crippen molar-refractivity contribution in [2.24, 2.45) is 0 Å². The van der Waals surface area contributed by atoms with Gasteiger partial charge in [-0.25, -0.2) is 4.98 Å². The van der Waals surface area contributed by atoms with Crippen molar-refractivity contribution in [3.63, 3.8) is 0 Å². The van der Waals surface area contributed by atoms with Crippen LogP contribution in [0.5, 0.6) is 0 Å². The predicted octanol–water partition coefficient (Wildman–Crippen LogP) is 1.51. The molecule has 0 saturated heterocycles.